The van der Waals surface area contributed by atoms with E-state index in [9.17, 15) is 4.79 Å². The van der Waals surface area contributed by atoms with Crippen molar-refractivity contribution in [1.82, 2.24) is 4.90 Å². The molecule has 1 aliphatic heterocycles. The Morgan fingerprint density at radius 1 is 1.50 bits per heavy atom. The molecule has 112 valence electrons. The lowest BCUT2D eigenvalue weighted by Gasteiger charge is -2.23. The fraction of sp³-hybridized carbons (Fsp3) is 0.688. The molecular weight excluding hydrogens is 270 g/mol. The molecular formula is C16H25NO2S. The standard InChI is InChI=1S/C16H25NO2S/c1-16(2,3)20-12-6-9-15(18)17-10-4-7-13(17)14-8-5-11-19-14/h5,8,11,13H,4,6-7,9-10,12H2,1-3H3. The van der Waals surface area contributed by atoms with Crippen LogP contribution in [-0.4, -0.2) is 27.9 Å². The normalized spacial score (nSPS) is 19.6. The molecule has 1 unspecified atom stereocenters. The summed E-state index contributed by atoms with van der Waals surface area (Å²) < 4.78 is 5.76. The maximum Gasteiger partial charge on any atom is 0.223 e. The minimum atomic E-state index is 0.160. The number of hydrogen-bond acceptors (Lipinski definition) is 3. The Labute approximate surface area is 126 Å². The van der Waals surface area contributed by atoms with E-state index in [1.54, 1.807) is 6.26 Å². The van der Waals surface area contributed by atoms with Gasteiger partial charge in [0.15, 0.2) is 0 Å². The van der Waals surface area contributed by atoms with Crippen LogP contribution in [0, 0.1) is 0 Å². The second kappa shape index (κ2) is 6.70. The molecule has 1 aliphatic rings. The van der Waals surface area contributed by atoms with Crippen LogP contribution in [0.25, 0.3) is 0 Å². The van der Waals surface area contributed by atoms with Crippen molar-refractivity contribution in [1.29, 1.82) is 0 Å². The maximum absolute atomic E-state index is 12.4. The van der Waals surface area contributed by atoms with Crippen LogP contribution in [0.15, 0.2) is 22.8 Å². The number of furan rings is 1. The molecule has 0 aliphatic carbocycles. The number of hydrogen-bond donors (Lipinski definition) is 0. The zero-order valence-corrected chi connectivity index (χ0v) is 13.5. The summed E-state index contributed by atoms with van der Waals surface area (Å²) in [6.45, 7) is 7.52. The molecule has 4 heteroatoms. The van der Waals surface area contributed by atoms with Crippen molar-refractivity contribution in [2.24, 2.45) is 0 Å². The molecule has 3 nitrogen and oxygen atoms in total. The highest BCUT2D eigenvalue weighted by atomic mass is 32.2. The lowest BCUT2D eigenvalue weighted by atomic mass is 10.1. The Morgan fingerprint density at radius 3 is 2.95 bits per heavy atom. The van der Waals surface area contributed by atoms with Gasteiger partial charge in [-0.3, -0.25) is 4.79 Å². The fourth-order valence-corrected chi connectivity index (χ4v) is 3.49. The van der Waals surface area contributed by atoms with Gasteiger partial charge in [-0.1, -0.05) is 20.8 Å². The number of nitrogens with zero attached hydrogens (tertiary/aromatic N) is 1. The van der Waals surface area contributed by atoms with Crippen molar-refractivity contribution in [2.75, 3.05) is 12.3 Å². The smallest absolute Gasteiger partial charge is 0.223 e. The number of carbonyl (C=O) groups excluding carboxylic acids is 1. The van der Waals surface area contributed by atoms with Gasteiger partial charge >= 0.3 is 0 Å². The van der Waals surface area contributed by atoms with Crippen molar-refractivity contribution in [3.63, 3.8) is 0 Å². The molecule has 1 fully saturated rings. The molecule has 0 bridgehead atoms. The molecule has 1 saturated heterocycles. The number of thioether (sulfide) groups is 1. The fourth-order valence-electron chi connectivity index (χ4n) is 2.59. The van der Waals surface area contributed by atoms with Gasteiger partial charge in [0.2, 0.25) is 5.91 Å². The van der Waals surface area contributed by atoms with Gasteiger partial charge in [0.1, 0.15) is 5.76 Å². The molecule has 1 aromatic heterocycles. The molecule has 2 heterocycles. The first-order valence-corrected chi connectivity index (χ1v) is 8.43. The highest BCUT2D eigenvalue weighted by Gasteiger charge is 2.31. The number of amides is 1. The van der Waals surface area contributed by atoms with E-state index < -0.39 is 0 Å². The summed E-state index contributed by atoms with van der Waals surface area (Å²) >= 11 is 1.93. The third kappa shape index (κ3) is 4.30. The number of rotatable bonds is 5. The van der Waals surface area contributed by atoms with Crippen LogP contribution in [0.1, 0.15) is 58.3 Å². The van der Waals surface area contributed by atoms with E-state index in [-0.39, 0.29) is 16.7 Å². The number of likely N-dealkylation sites (tertiary alicyclic amines) is 1. The van der Waals surface area contributed by atoms with Crippen molar-refractivity contribution in [3.05, 3.63) is 24.2 Å². The summed E-state index contributed by atoms with van der Waals surface area (Å²) in [6, 6.07) is 4.04. The highest BCUT2D eigenvalue weighted by molar-refractivity contribution is 8.00. The van der Waals surface area contributed by atoms with E-state index in [0.717, 1.165) is 37.3 Å². The van der Waals surface area contributed by atoms with Crippen LogP contribution in [0.5, 0.6) is 0 Å². The van der Waals surface area contributed by atoms with Crippen molar-refractivity contribution in [3.8, 4) is 0 Å². The van der Waals surface area contributed by atoms with Gasteiger partial charge in [-0.05, 0) is 37.1 Å². The van der Waals surface area contributed by atoms with Crippen LogP contribution >= 0.6 is 11.8 Å². The SMILES string of the molecule is CC(C)(C)SCCCC(=O)N1CCCC1c1ccco1. The zero-order valence-electron chi connectivity index (χ0n) is 12.7. The van der Waals surface area contributed by atoms with Gasteiger partial charge < -0.3 is 9.32 Å². The van der Waals surface area contributed by atoms with Gasteiger partial charge in [0.25, 0.3) is 0 Å². The lowest BCUT2D eigenvalue weighted by Crippen LogP contribution is -2.30. The van der Waals surface area contributed by atoms with Crippen molar-refractivity contribution >= 4 is 17.7 Å². The minimum absolute atomic E-state index is 0.160. The van der Waals surface area contributed by atoms with E-state index in [4.69, 9.17) is 4.42 Å². The maximum atomic E-state index is 12.4. The molecule has 0 aromatic carbocycles. The van der Waals surface area contributed by atoms with Crippen LogP contribution in [0.3, 0.4) is 0 Å². The summed E-state index contributed by atoms with van der Waals surface area (Å²) in [5.74, 6) is 2.26. The first-order valence-electron chi connectivity index (χ1n) is 7.44. The Morgan fingerprint density at radius 2 is 2.30 bits per heavy atom. The van der Waals surface area contributed by atoms with E-state index in [1.165, 1.54) is 0 Å². The Bertz CT molecular complexity index is 422. The Hall–Kier alpha value is -0.900. The van der Waals surface area contributed by atoms with E-state index in [0.29, 0.717) is 6.42 Å². The molecule has 0 N–H and O–H groups in total. The highest BCUT2D eigenvalue weighted by Crippen LogP contribution is 2.33. The van der Waals surface area contributed by atoms with Gasteiger partial charge in [-0.15, -0.1) is 0 Å². The molecule has 1 amide bonds. The van der Waals surface area contributed by atoms with E-state index in [1.807, 2.05) is 28.8 Å². The zero-order chi connectivity index (χ0) is 14.6. The third-order valence-corrected chi connectivity index (χ3v) is 4.87. The summed E-state index contributed by atoms with van der Waals surface area (Å²) in [5, 5.41) is 0. The Kier molecular flexibility index (Phi) is 5.19. The average molecular weight is 295 g/mol. The topological polar surface area (TPSA) is 33.5 Å². The molecule has 0 radical (unpaired) electrons. The van der Waals surface area contributed by atoms with Gasteiger partial charge in [-0.25, -0.2) is 0 Å². The molecule has 20 heavy (non-hydrogen) atoms. The van der Waals surface area contributed by atoms with Gasteiger partial charge in [0.05, 0.1) is 12.3 Å². The summed E-state index contributed by atoms with van der Waals surface area (Å²) in [5.41, 5.74) is 0. The first-order chi connectivity index (χ1) is 9.47. The molecule has 0 saturated carbocycles. The predicted molar refractivity (Wildman–Crippen MR) is 83.8 cm³/mol. The number of carbonyl (C=O) groups is 1. The van der Waals surface area contributed by atoms with Crippen molar-refractivity contribution < 1.29 is 9.21 Å². The van der Waals surface area contributed by atoms with Crippen LogP contribution in [-0.2, 0) is 4.79 Å². The molecule has 0 spiro atoms. The van der Waals surface area contributed by atoms with Crippen LogP contribution < -0.4 is 0 Å². The molecule has 1 aromatic rings. The van der Waals surface area contributed by atoms with Crippen molar-refractivity contribution in [2.45, 2.75) is 57.2 Å². The van der Waals surface area contributed by atoms with E-state index >= 15 is 0 Å². The van der Waals surface area contributed by atoms with Crippen LogP contribution in [0.2, 0.25) is 0 Å². The minimum Gasteiger partial charge on any atom is -0.467 e. The lowest BCUT2D eigenvalue weighted by molar-refractivity contribution is -0.132. The monoisotopic (exact) mass is 295 g/mol. The Balaban J connectivity index is 1.80. The quantitative estimate of drug-likeness (QED) is 0.761. The summed E-state index contributed by atoms with van der Waals surface area (Å²) in [4.78, 5) is 14.4. The predicted octanol–water partition coefficient (Wildman–Crippen LogP) is 4.26. The third-order valence-electron chi connectivity index (χ3n) is 3.51. The summed E-state index contributed by atoms with van der Waals surface area (Å²) in [7, 11) is 0. The van der Waals surface area contributed by atoms with Gasteiger partial charge in [0, 0.05) is 17.7 Å². The largest absolute Gasteiger partial charge is 0.467 e. The summed E-state index contributed by atoms with van der Waals surface area (Å²) in [6.07, 6.45) is 5.41. The first kappa shape index (κ1) is 15.5. The second-order valence-electron chi connectivity index (χ2n) is 6.32. The molecule has 1 atom stereocenters. The van der Waals surface area contributed by atoms with Crippen LogP contribution in [0.4, 0.5) is 0 Å². The van der Waals surface area contributed by atoms with Gasteiger partial charge in [-0.2, -0.15) is 11.8 Å². The average Bonchev–Trinajstić information content (AvgIpc) is 3.01. The second-order valence-corrected chi connectivity index (χ2v) is 8.25. The molecule has 2 rings (SSSR count). The van der Waals surface area contributed by atoms with E-state index in [2.05, 4.69) is 20.8 Å².